The first-order chi connectivity index (χ1) is 15.5. The Kier molecular flexibility index (Phi) is 7.88. The predicted molar refractivity (Wildman–Crippen MR) is 142 cm³/mol. The van der Waals surface area contributed by atoms with Crippen LogP contribution in [0.2, 0.25) is 10.0 Å². The summed E-state index contributed by atoms with van der Waals surface area (Å²) in [5.41, 5.74) is 10.3. The second-order valence-corrected chi connectivity index (χ2v) is 9.52. The summed E-state index contributed by atoms with van der Waals surface area (Å²) in [7, 11) is 0. The van der Waals surface area contributed by atoms with Crippen LogP contribution in [0.5, 0.6) is 0 Å². The van der Waals surface area contributed by atoms with Crippen molar-refractivity contribution in [2.24, 2.45) is 4.99 Å². The number of halogens is 3. The monoisotopic (exact) mass is 539 g/mol. The number of fused-ring (bicyclic) bond motifs is 1. The number of amidine groups is 1. The number of nitrogen functional groups attached to an aromatic ring is 1. The molecular weight excluding hydrogens is 513 g/mol. The number of benzene rings is 2. The normalized spacial score (nSPS) is 19.1. The fourth-order valence-electron chi connectivity index (χ4n) is 3.89. The first kappa shape index (κ1) is 23.3. The Hall–Kier alpha value is -1.87. The largest absolute Gasteiger partial charge is 0.399 e. The van der Waals surface area contributed by atoms with Gasteiger partial charge in [0.1, 0.15) is 5.84 Å². The fourth-order valence-corrected chi connectivity index (χ4v) is 5.08. The zero-order chi connectivity index (χ0) is 22.5. The molecule has 2 aromatic rings. The van der Waals surface area contributed by atoms with E-state index >= 15 is 0 Å². The maximum Gasteiger partial charge on any atom is 0.101 e. The van der Waals surface area contributed by atoms with E-state index in [-0.39, 0.29) is 0 Å². The van der Waals surface area contributed by atoms with Gasteiger partial charge in [0, 0.05) is 31.7 Å². The average Bonchev–Trinajstić information content (AvgIpc) is 3.48. The molecule has 0 radical (unpaired) electrons. The Labute approximate surface area is 207 Å². The van der Waals surface area contributed by atoms with Gasteiger partial charge in [-0.15, -0.1) is 0 Å². The fraction of sp³-hybridized carbons (Fsp3) is 0.409. The molecule has 2 aromatic carbocycles. The van der Waals surface area contributed by atoms with Crippen LogP contribution in [-0.2, 0) is 0 Å². The highest BCUT2D eigenvalue weighted by Gasteiger charge is 2.18. The van der Waals surface area contributed by atoms with E-state index in [1.165, 1.54) is 24.2 Å². The maximum atomic E-state index is 6.03. The molecule has 3 aliphatic rings. The number of nitrogens with two attached hydrogens (primary N) is 1. The third-order valence-electron chi connectivity index (χ3n) is 5.48. The molecule has 1 saturated heterocycles. The molecule has 0 spiro atoms. The van der Waals surface area contributed by atoms with Gasteiger partial charge >= 0.3 is 0 Å². The molecule has 3 heterocycles. The second kappa shape index (κ2) is 10.8. The van der Waals surface area contributed by atoms with E-state index in [9.17, 15) is 0 Å². The lowest BCUT2D eigenvalue weighted by Gasteiger charge is -2.24. The average molecular weight is 541 g/mol. The van der Waals surface area contributed by atoms with Gasteiger partial charge < -0.3 is 27.0 Å². The van der Waals surface area contributed by atoms with Crippen LogP contribution in [0.1, 0.15) is 25.7 Å². The molecule has 0 bridgehead atoms. The molecule has 172 valence electrons. The highest BCUT2D eigenvalue weighted by atomic mass is 79.9. The summed E-state index contributed by atoms with van der Waals surface area (Å²) in [6.45, 7) is 3.93. The molecule has 3 aliphatic heterocycles. The Bertz CT molecular complexity index is 969. The van der Waals surface area contributed by atoms with Crippen LogP contribution in [0, 0.1) is 0 Å². The highest BCUT2D eigenvalue weighted by molar-refractivity contribution is 9.10. The lowest BCUT2D eigenvalue weighted by Crippen LogP contribution is -2.30. The molecule has 32 heavy (non-hydrogen) atoms. The number of nitrogens with one attached hydrogen (secondary N) is 5. The zero-order valence-electron chi connectivity index (χ0n) is 17.7. The van der Waals surface area contributed by atoms with Gasteiger partial charge in [-0.3, -0.25) is 10.3 Å². The van der Waals surface area contributed by atoms with Crippen LogP contribution in [-0.4, -0.2) is 38.2 Å². The van der Waals surface area contributed by atoms with Crippen molar-refractivity contribution in [2.45, 2.75) is 31.8 Å². The lowest BCUT2D eigenvalue weighted by molar-refractivity contribution is 0.679. The van der Waals surface area contributed by atoms with Gasteiger partial charge in [-0.2, -0.15) is 0 Å². The van der Waals surface area contributed by atoms with E-state index in [2.05, 4.69) is 59.6 Å². The van der Waals surface area contributed by atoms with Gasteiger partial charge in [0.15, 0.2) is 0 Å². The summed E-state index contributed by atoms with van der Waals surface area (Å²) in [6, 6.07) is 7.60. The summed E-state index contributed by atoms with van der Waals surface area (Å²) in [5, 5.41) is 18.0. The lowest BCUT2D eigenvalue weighted by atomic mass is 10.2. The second-order valence-electron chi connectivity index (χ2n) is 7.91. The molecule has 1 atom stereocenters. The van der Waals surface area contributed by atoms with E-state index in [1.807, 2.05) is 0 Å². The van der Waals surface area contributed by atoms with Crippen molar-refractivity contribution in [3.8, 4) is 0 Å². The van der Waals surface area contributed by atoms with Crippen molar-refractivity contribution in [3.05, 3.63) is 38.8 Å². The van der Waals surface area contributed by atoms with Gasteiger partial charge in [-0.25, -0.2) is 0 Å². The third-order valence-corrected chi connectivity index (χ3v) is 6.90. The molecule has 0 aromatic heterocycles. The number of aliphatic imine (C=N–C) groups is 1. The van der Waals surface area contributed by atoms with Crippen LogP contribution < -0.4 is 32.3 Å². The zero-order valence-corrected chi connectivity index (χ0v) is 20.8. The van der Waals surface area contributed by atoms with Crippen LogP contribution >= 0.6 is 39.1 Å². The third kappa shape index (κ3) is 5.73. The molecule has 1 unspecified atom stereocenters. The van der Waals surface area contributed by atoms with Crippen molar-refractivity contribution in [1.82, 2.24) is 5.32 Å². The van der Waals surface area contributed by atoms with Gasteiger partial charge in [-0.05, 0) is 66.0 Å². The number of anilines is 5. The van der Waals surface area contributed by atoms with E-state index in [1.54, 1.807) is 12.1 Å². The van der Waals surface area contributed by atoms with E-state index < -0.39 is 0 Å². The Morgan fingerprint density at radius 2 is 1.84 bits per heavy atom. The van der Waals surface area contributed by atoms with Crippen molar-refractivity contribution in [3.63, 3.8) is 0 Å². The van der Waals surface area contributed by atoms with Crippen LogP contribution in [0.25, 0.3) is 0 Å². The predicted octanol–water partition coefficient (Wildman–Crippen LogP) is 5.59. The number of rotatable bonds is 3. The Morgan fingerprint density at radius 3 is 2.53 bits per heavy atom. The minimum atomic E-state index is 0.404. The molecule has 5 rings (SSSR count). The number of hydrogen-bond acceptors (Lipinski definition) is 7. The quantitative estimate of drug-likeness (QED) is 0.284. The highest BCUT2D eigenvalue weighted by Crippen LogP contribution is 2.38. The molecule has 1 fully saturated rings. The van der Waals surface area contributed by atoms with Crippen molar-refractivity contribution >= 4 is 73.4 Å². The van der Waals surface area contributed by atoms with Gasteiger partial charge in [-0.1, -0.05) is 23.2 Å². The van der Waals surface area contributed by atoms with E-state index in [0.29, 0.717) is 27.6 Å². The molecule has 10 heteroatoms. The van der Waals surface area contributed by atoms with Gasteiger partial charge in [0.2, 0.25) is 0 Å². The first-order valence-corrected chi connectivity index (χ1v) is 12.4. The summed E-state index contributed by atoms with van der Waals surface area (Å²) in [6.07, 6.45) is 4.86. The van der Waals surface area contributed by atoms with Crippen molar-refractivity contribution in [1.29, 1.82) is 0 Å². The molecule has 0 saturated carbocycles. The van der Waals surface area contributed by atoms with Gasteiger partial charge in [0.05, 0.1) is 43.4 Å². The standard InChI is InChI=1S/C12H17BrN4.C10H11Cl2N3/c13-11-8(17-10-2-1-5-15-10)3-4-9-12(11)16-7-6-14-9;11-7-4-6(13)5-8(12)10(7)15-9-2-1-3-14-9/h3-4,10,14-17H,1-2,5-7H2;4-5H,1-3,13H2,(H,14,15). The Balaban J connectivity index is 0.000000155. The topological polar surface area (TPSA) is 98.5 Å². The number of hydrogen-bond donors (Lipinski definition) is 6. The van der Waals surface area contributed by atoms with Crippen molar-refractivity contribution < 1.29 is 0 Å². The van der Waals surface area contributed by atoms with E-state index in [4.69, 9.17) is 28.9 Å². The minimum Gasteiger partial charge on any atom is -0.399 e. The van der Waals surface area contributed by atoms with E-state index in [0.717, 1.165) is 55.0 Å². The van der Waals surface area contributed by atoms with Crippen LogP contribution in [0.4, 0.5) is 28.4 Å². The van der Waals surface area contributed by atoms with Crippen LogP contribution in [0.15, 0.2) is 33.7 Å². The molecular formula is C22H28BrCl2N7. The van der Waals surface area contributed by atoms with Gasteiger partial charge in [0.25, 0.3) is 0 Å². The molecule has 0 aliphatic carbocycles. The first-order valence-electron chi connectivity index (χ1n) is 10.9. The SMILES string of the molecule is Brc1c(NC2CCCN2)ccc2c1NCCN2.Nc1cc(Cl)c(NC2=NCCC2)c(Cl)c1. The summed E-state index contributed by atoms with van der Waals surface area (Å²) >= 11 is 15.7. The summed E-state index contributed by atoms with van der Waals surface area (Å²) in [4.78, 5) is 4.29. The summed E-state index contributed by atoms with van der Waals surface area (Å²) < 4.78 is 1.12. The summed E-state index contributed by atoms with van der Waals surface area (Å²) in [5.74, 6) is 0.934. The smallest absolute Gasteiger partial charge is 0.101 e. The molecule has 7 nitrogen and oxygen atoms in total. The van der Waals surface area contributed by atoms with Crippen LogP contribution in [0.3, 0.4) is 0 Å². The van der Waals surface area contributed by atoms with Crippen molar-refractivity contribution in [2.75, 3.05) is 53.2 Å². The molecule has 7 N–H and O–H groups in total. The maximum absolute atomic E-state index is 6.03. The molecule has 0 amide bonds. The Morgan fingerprint density at radius 1 is 1.06 bits per heavy atom. The number of nitrogens with zero attached hydrogens (tertiary/aromatic N) is 1. The minimum absolute atomic E-state index is 0.404.